The van der Waals surface area contributed by atoms with E-state index >= 15 is 0 Å². The van der Waals surface area contributed by atoms with Crippen molar-refractivity contribution in [2.75, 3.05) is 11.8 Å². The van der Waals surface area contributed by atoms with E-state index in [-0.39, 0.29) is 17.0 Å². The van der Waals surface area contributed by atoms with E-state index in [9.17, 15) is 22.0 Å². The number of carbonyl (C=O) groups excluding carboxylic acids is 1. The first kappa shape index (κ1) is 24.4. The maximum Gasteiger partial charge on any atom is 0.264 e. The summed E-state index contributed by atoms with van der Waals surface area (Å²) in [6, 6.07) is 13.6. The van der Waals surface area contributed by atoms with Gasteiger partial charge in [0.1, 0.15) is 22.3 Å². The second-order valence-corrected chi connectivity index (χ2v) is 10.5. The fourth-order valence-corrected chi connectivity index (χ4v) is 5.11. The van der Waals surface area contributed by atoms with Gasteiger partial charge in [-0.2, -0.15) is 0 Å². The van der Waals surface area contributed by atoms with Crippen LogP contribution >= 0.6 is 0 Å². The fraction of sp³-hybridized carbons (Fsp3) is 0.192. The Balaban J connectivity index is 1.59. The Kier molecular flexibility index (Phi) is 6.38. The molecule has 0 bridgehead atoms. The van der Waals surface area contributed by atoms with Crippen LogP contribution in [-0.2, 0) is 16.4 Å². The average molecular weight is 499 g/mol. The Morgan fingerprint density at radius 2 is 1.77 bits per heavy atom. The van der Waals surface area contributed by atoms with Crippen LogP contribution in [-0.4, -0.2) is 26.8 Å². The first-order valence-corrected chi connectivity index (χ1v) is 12.3. The van der Waals surface area contributed by atoms with Crippen molar-refractivity contribution in [1.29, 1.82) is 0 Å². The smallest absolute Gasteiger partial charge is 0.264 e. The minimum atomic E-state index is -4.36. The highest BCUT2D eigenvalue weighted by Crippen LogP contribution is 2.32. The van der Waals surface area contributed by atoms with Crippen LogP contribution in [0.3, 0.4) is 0 Å². The fourth-order valence-electron chi connectivity index (χ4n) is 3.96. The zero-order valence-corrected chi connectivity index (χ0v) is 20.2. The van der Waals surface area contributed by atoms with E-state index in [0.717, 1.165) is 29.7 Å². The molecule has 0 aromatic heterocycles. The Morgan fingerprint density at radius 1 is 1.06 bits per heavy atom. The minimum Gasteiger partial charge on any atom is -0.497 e. The van der Waals surface area contributed by atoms with E-state index in [1.165, 1.54) is 30.3 Å². The van der Waals surface area contributed by atoms with Gasteiger partial charge in [0, 0.05) is 34.1 Å². The van der Waals surface area contributed by atoms with Crippen LogP contribution in [0, 0.1) is 11.6 Å². The summed E-state index contributed by atoms with van der Waals surface area (Å²) in [6.45, 7) is 4.08. The summed E-state index contributed by atoms with van der Waals surface area (Å²) < 4.78 is 59.8. The molecular weight excluding hydrogens is 474 g/mol. The summed E-state index contributed by atoms with van der Waals surface area (Å²) in [5.41, 5.74) is 2.78. The number of allylic oxidation sites excluding steroid dienone is 1. The molecule has 1 aliphatic rings. The molecule has 0 atom stereocenters. The van der Waals surface area contributed by atoms with Crippen LogP contribution in [0.5, 0.6) is 5.75 Å². The van der Waals surface area contributed by atoms with Crippen LogP contribution in [0.2, 0.25) is 0 Å². The van der Waals surface area contributed by atoms with Crippen LogP contribution in [0.1, 0.15) is 35.3 Å². The maximum atomic E-state index is 13.9. The molecule has 0 saturated heterocycles. The van der Waals surface area contributed by atoms with Gasteiger partial charge in [0.15, 0.2) is 5.78 Å². The lowest BCUT2D eigenvalue weighted by Crippen LogP contribution is -2.43. The van der Waals surface area contributed by atoms with Crippen molar-refractivity contribution in [2.45, 2.75) is 30.7 Å². The molecular formula is C26H24F2N2O4S. The molecule has 3 aromatic rings. The summed E-state index contributed by atoms with van der Waals surface area (Å²) in [7, 11) is -2.78. The average Bonchev–Trinajstić information content (AvgIpc) is 2.80. The van der Waals surface area contributed by atoms with Crippen molar-refractivity contribution in [2.24, 2.45) is 0 Å². The van der Waals surface area contributed by atoms with Crippen molar-refractivity contribution in [3.63, 3.8) is 0 Å². The SMILES string of the molecule is COc1ccc2c(c1)C(=CC(=O)c1ccc(NS(=O)(=O)c3cc(F)ccc3F)cc1)NC(C)(C)C2. The largest absolute Gasteiger partial charge is 0.497 e. The standard InChI is InChI=1S/C26H24F2N2O4S/c1-26(2)15-17-6-10-20(34-3)13-21(17)23(29-26)14-24(31)16-4-8-19(9-5-16)30-35(32,33)25-12-18(27)7-11-22(25)28/h4-14,29-30H,15H2,1-3H3. The molecule has 35 heavy (non-hydrogen) atoms. The molecule has 1 aliphatic heterocycles. The minimum absolute atomic E-state index is 0.102. The highest BCUT2D eigenvalue weighted by molar-refractivity contribution is 7.92. The molecule has 1 heterocycles. The molecule has 0 radical (unpaired) electrons. The quantitative estimate of drug-likeness (QED) is 0.372. The number of sulfonamides is 1. The molecule has 0 unspecified atom stereocenters. The van der Waals surface area contributed by atoms with Gasteiger partial charge in [-0.25, -0.2) is 17.2 Å². The molecule has 0 amide bonds. The third-order valence-electron chi connectivity index (χ3n) is 5.59. The number of ketones is 1. The Labute approximate surface area is 202 Å². The van der Waals surface area contributed by atoms with Gasteiger partial charge in [-0.3, -0.25) is 9.52 Å². The number of fused-ring (bicyclic) bond motifs is 1. The number of methoxy groups -OCH3 is 1. The van der Waals surface area contributed by atoms with Crippen molar-refractivity contribution >= 4 is 27.2 Å². The van der Waals surface area contributed by atoms with Gasteiger partial charge in [-0.15, -0.1) is 0 Å². The van der Waals surface area contributed by atoms with E-state index in [1.807, 2.05) is 32.0 Å². The number of benzene rings is 3. The van der Waals surface area contributed by atoms with Crippen molar-refractivity contribution < 1.29 is 26.7 Å². The van der Waals surface area contributed by atoms with Gasteiger partial charge in [-0.05, 0) is 80.4 Å². The predicted octanol–water partition coefficient (Wildman–Crippen LogP) is 4.92. The zero-order chi connectivity index (χ0) is 25.4. The third kappa shape index (κ3) is 5.35. The van der Waals surface area contributed by atoms with Gasteiger partial charge < -0.3 is 10.1 Å². The van der Waals surface area contributed by atoms with E-state index in [4.69, 9.17) is 4.74 Å². The number of carbonyl (C=O) groups is 1. The highest BCUT2D eigenvalue weighted by atomic mass is 32.2. The van der Waals surface area contributed by atoms with Crippen molar-refractivity contribution in [1.82, 2.24) is 5.32 Å². The van der Waals surface area contributed by atoms with Crippen molar-refractivity contribution in [3.8, 4) is 5.75 Å². The number of hydrogen-bond acceptors (Lipinski definition) is 5. The third-order valence-corrected chi connectivity index (χ3v) is 6.99. The molecule has 0 spiro atoms. The lowest BCUT2D eigenvalue weighted by Gasteiger charge is -2.35. The van der Waals surface area contributed by atoms with Crippen LogP contribution in [0.25, 0.3) is 5.70 Å². The Hall–Kier alpha value is -3.72. The summed E-state index contributed by atoms with van der Waals surface area (Å²) in [5.74, 6) is -1.56. The predicted molar refractivity (Wildman–Crippen MR) is 130 cm³/mol. The van der Waals surface area contributed by atoms with Crippen LogP contribution in [0.15, 0.2) is 71.6 Å². The second kappa shape index (κ2) is 9.14. The van der Waals surface area contributed by atoms with Crippen LogP contribution < -0.4 is 14.8 Å². The number of rotatable bonds is 6. The van der Waals surface area contributed by atoms with Gasteiger partial charge in [0.25, 0.3) is 10.0 Å². The lowest BCUT2D eigenvalue weighted by atomic mass is 9.85. The topological polar surface area (TPSA) is 84.5 Å². The summed E-state index contributed by atoms with van der Waals surface area (Å²) in [6.07, 6.45) is 2.28. The first-order chi connectivity index (χ1) is 16.5. The monoisotopic (exact) mass is 498 g/mol. The number of anilines is 1. The first-order valence-electron chi connectivity index (χ1n) is 10.8. The van der Waals surface area contributed by atoms with E-state index < -0.39 is 26.6 Å². The van der Waals surface area contributed by atoms with Gasteiger partial charge in [0.05, 0.1) is 7.11 Å². The van der Waals surface area contributed by atoms with Crippen molar-refractivity contribution in [3.05, 3.63) is 95.1 Å². The van der Waals surface area contributed by atoms with E-state index in [0.29, 0.717) is 23.1 Å². The molecule has 4 rings (SSSR count). The Bertz CT molecular complexity index is 1430. The summed E-state index contributed by atoms with van der Waals surface area (Å²) >= 11 is 0. The molecule has 2 N–H and O–H groups in total. The molecule has 6 nitrogen and oxygen atoms in total. The molecule has 9 heteroatoms. The molecule has 3 aromatic carbocycles. The second-order valence-electron chi connectivity index (χ2n) is 8.89. The normalized spacial score (nSPS) is 15.7. The molecule has 182 valence electrons. The van der Waals surface area contributed by atoms with Crippen LogP contribution in [0.4, 0.5) is 14.5 Å². The summed E-state index contributed by atoms with van der Waals surface area (Å²) in [4.78, 5) is 12.2. The molecule has 0 fully saturated rings. The zero-order valence-electron chi connectivity index (χ0n) is 19.4. The number of ether oxygens (including phenoxy) is 1. The highest BCUT2D eigenvalue weighted by Gasteiger charge is 2.28. The van der Waals surface area contributed by atoms with E-state index in [1.54, 1.807) is 7.11 Å². The molecule has 0 saturated carbocycles. The summed E-state index contributed by atoms with van der Waals surface area (Å²) in [5, 5.41) is 3.40. The number of hydrogen-bond donors (Lipinski definition) is 2. The van der Waals surface area contributed by atoms with E-state index in [2.05, 4.69) is 10.0 Å². The van der Waals surface area contributed by atoms with Gasteiger partial charge in [0.2, 0.25) is 0 Å². The van der Waals surface area contributed by atoms with Gasteiger partial charge >= 0.3 is 0 Å². The van der Waals surface area contributed by atoms with Gasteiger partial charge in [-0.1, -0.05) is 6.07 Å². The number of halogens is 2. The molecule has 0 aliphatic carbocycles. The number of nitrogens with one attached hydrogen (secondary N) is 2. The Morgan fingerprint density at radius 3 is 2.46 bits per heavy atom. The lowest BCUT2D eigenvalue weighted by molar-refractivity contribution is 0.104. The maximum absolute atomic E-state index is 13.9.